The summed E-state index contributed by atoms with van der Waals surface area (Å²) in [6.07, 6.45) is 1.40. The van der Waals surface area contributed by atoms with Crippen LogP contribution < -0.4 is 5.32 Å². The van der Waals surface area contributed by atoms with Crippen LogP contribution in [0.3, 0.4) is 0 Å². The molecule has 202 valence electrons. The Morgan fingerprint density at radius 3 is 1.98 bits per heavy atom. The number of nitrogens with one attached hydrogen (secondary N) is 2. The maximum absolute atomic E-state index is 13.4. The Morgan fingerprint density at radius 2 is 1.38 bits per heavy atom. The molecule has 1 fully saturated rings. The molecule has 1 aliphatic heterocycles. The number of para-hydroxylation sites is 2. The second-order valence-electron chi connectivity index (χ2n) is 10.1. The first-order chi connectivity index (χ1) is 19.5. The molecular weight excluding hydrogens is 520 g/mol. The van der Waals surface area contributed by atoms with Gasteiger partial charge in [0.15, 0.2) is 0 Å². The van der Waals surface area contributed by atoms with Gasteiger partial charge in [-0.2, -0.15) is 4.31 Å². The largest absolute Gasteiger partial charge is 0.342 e. The van der Waals surface area contributed by atoms with Gasteiger partial charge in [-0.25, -0.2) is 13.4 Å². The van der Waals surface area contributed by atoms with Crippen LogP contribution in [-0.2, 0) is 14.8 Å². The van der Waals surface area contributed by atoms with Gasteiger partial charge in [0, 0.05) is 24.7 Å². The minimum Gasteiger partial charge on any atom is -0.342 e. The lowest BCUT2D eigenvalue weighted by Crippen LogP contribution is -2.38. The normalized spacial score (nSPS) is 14.9. The predicted molar refractivity (Wildman–Crippen MR) is 157 cm³/mol. The SMILES string of the molecule is O=C(Nc1ccc(S(=O)(=O)N2CCC(c3nc4ccccc4[nH]3)CC2)cc1)C(c1ccccc1)c1ccccc1. The number of carbonyl (C=O) groups is 1. The Balaban J connectivity index is 1.13. The molecule has 0 atom stereocenters. The Morgan fingerprint density at radius 1 is 0.800 bits per heavy atom. The second-order valence-corrected chi connectivity index (χ2v) is 12.0. The molecule has 6 rings (SSSR count). The van der Waals surface area contributed by atoms with Gasteiger partial charge < -0.3 is 10.3 Å². The maximum Gasteiger partial charge on any atom is 0.243 e. The van der Waals surface area contributed by atoms with Gasteiger partial charge >= 0.3 is 0 Å². The number of aromatic nitrogens is 2. The monoisotopic (exact) mass is 550 g/mol. The molecule has 1 aliphatic rings. The lowest BCUT2D eigenvalue weighted by molar-refractivity contribution is -0.116. The lowest BCUT2D eigenvalue weighted by Gasteiger charge is -2.30. The van der Waals surface area contributed by atoms with Gasteiger partial charge in [-0.3, -0.25) is 4.79 Å². The number of anilines is 1. The van der Waals surface area contributed by atoms with Crippen molar-refractivity contribution in [2.75, 3.05) is 18.4 Å². The van der Waals surface area contributed by atoms with Gasteiger partial charge in [-0.15, -0.1) is 0 Å². The van der Waals surface area contributed by atoms with Crippen molar-refractivity contribution >= 4 is 32.7 Å². The first kappa shape index (κ1) is 26.0. The first-order valence-electron chi connectivity index (χ1n) is 13.4. The highest BCUT2D eigenvalue weighted by Gasteiger charge is 2.31. The molecule has 1 amide bonds. The van der Waals surface area contributed by atoms with Crippen molar-refractivity contribution in [3.05, 3.63) is 126 Å². The van der Waals surface area contributed by atoms with Crippen LogP contribution in [0.1, 0.15) is 41.6 Å². The summed E-state index contributed by atoms with van der Waals surface area (Å²) in [6.45, 7) is 0.858. The van der Waals surface area contributed by atoms with Crippen molar-refractivity contribution < 1.29 is 13.2 Å². The third kappa shape index (κ3) is 5.28. The molecule has 40 heavy (non-hydrogen) atoms. The van der Waals surface area contributed by atoms with Crippen LogP contribution in [0.4, 0.5) is 5.69 Å². The van der Waals surface area contributed by atoms with Gasteiger partial charge in [0.05, 0.1) is 21.8 Å². The van der Waals surface area contributed by atoms with E-state index in [1.807, 2.05) is 84.9 Å². The van der Waals surface area contributed by atoms with Gasteiger partial charge in [-0.05, 0) is 60.4 Å². The molecule has 1 aromatic heterocycles. The number of carbonyl (C=O) groups excluding carboxylic acids is 1. The molecule has 0 bridgehead atoms. The average molecular weight is 551 g/mol. The smallest absolute Gasteiger partial charge is 0.243 e. The van der Waals surface area contributed by atoms with Gasteiger partial charge in [0.1, 0.15) is 5.82 Å². The molecular formula is C32H30N4O3S. The number of nitrogens with zero attached hydrogens (tertiary/aromatic N) is 2. The van der Waals surface area contributed by atoms with Crippen LogP contribution in [0.25, 0.3) is 11.0 Å². The van der Waals surface area contributed by atoms with Crippen molar-refractivity contribution in [3.63, 3.8) is 0 Å². The van der Waals surface area contributed by atoms with E-state index < -0.39 is 15.9 Å². The van der Waals surface area contributed by atoms with Crippen LogP contribution >= 0.6 is 0 Å². The van der Waals surface area contributed by atoms with Crippen molar-refractivity contribution in [1.29, 1.82) is 0 Å². The number of aromatic amines is 1. The fourth-order valence-corrected chi connectivity index (χ4v) is 6.87. The van der Waals surface area contributed by atoms with Gasteiger partial charge in [0.25, 0.3) is 0 Å². The van der Waals surface area contributed by atoms with Crippen LogP contribution in [0, 0.1) is 0 Å². The minimum atomic E-state index is -3.65. The van der Waals surface area contributed by atoms with Crippen LogP contribution in [0.2, 0.25) is 0 Å². The van der Waals surface area contributed by atoms with E-state index in [1.54, 1.807) is 28.6 Å². The van der Waals surface area contributed by atoms with Crippen LogP contribution in [-0.4, -0.2) is 41.7 Å². The number of hydrogen-bond acceptors (Lipinski definition) is 4. The van der Waals surface area contributed by atoms with Crippen molar-refractivity contribution in [2.45, 2.75) is 29.6 Å². The van der Waals surface area contributed by atoms with Crippen molar-refractivity contribution in [3.8, 4) is 0 Å². The van der Waals surface area contributed by atoms with E-state index in [2.05, 4.69) is 10.3 Å². The summed E-state index contributed by atoms with van der Waals surface area (Å²) >= 11 is 0. The highest BCUT2D eigenvalue weighted by atomic mass is 32.2. The zero-order valence-electron chi connectivity index (χ0n) is 21.9. The van der Waals surface area contributed by atoms with Gasteiger partial charge in [-0.1, -0.05) is 72.8 Å². The van der Waals surface area contributed by atoms with E-state index >= 15 is 0 Å². The van der Waals surface area contributed by atoms with Crippen molar-refractivity contribution in [2.24, 2.45) is 0 Å². The van der Waals surface area contributed by atoms with E-state index in [9.17, 15) is 13.2 Å². The topological polar surface area (TPSA) is 95.2 Å². The van der Waals surface area contributed by atoms with Gasteiger partial charge in [0.2, 0.25) is 15.9 Å². The second kappa shape index (κ2) is 11.1. The Kier molecular flexibility index (Phi) is 7.19. The Labute approximate surface area is 233 Å². The molecule has 0 radical (unpaired) electrons. The molecule has 0 aliphatic carbocycles. The van der Waals surface area contributed by atoms with E-state index in [-0.39, 0.29) is 16.7 Å². The zero-order chi connectivity index (χ0) is 27.5. The summed E-state index contributed by atoms with van der Waals surface area (Å²) in [6, 6.07) is 33.6. The third-order valence-electron chi connectivity index (χ3n) is 7.54. The molecule has 5 aromatic rings. The molecule has 2 N–H and O–H groups in total. The molecule has 7 nitrogen and oxygen atoms in total. The Hall–Kier alpha value is -4.27. The molecule has 0 saturated carbocycles. The standard InChI is InChI=1S/C32H30N4O3S/c37-32(30(23-9-3-1-4-10-23)24-11-5-2-6-12-24)33-26-15-17-27(18-16-26)40(38,39)36-21-19-25(20-22-36)31-34-28-13-7-8-14-29(28)35-31/h1-18,25,30H,19-22H2,(H,33,37)(H,34,35). The van der Waals surface area contributed by atoms with E-state index in [0.717, 1.165) is 28.0 Å². The lowest BCUT2D eigenvalue weighted by atomic mass is 9.90. The molecule has 0 spiro atoms. The number of rotatable bonds is 7. The van der Waals surface area contributed by atoms with E-state index in [1.165, 1.54) is 0 Å². The molecule has 0 unspecified atom stereocenters. The number of amides is 1. The van der Waals surface area contributed by atoms with Crippen molar-refractivity contribution in [1.82, 2.24) is 14.3 Å². The number of fused-ring (bicyclic) bond motifs is 1. The van der Waals surface area contributed by atoms with E-state index in [0.29, 0.717) is 31.6 Å². The number of sulfonamides is 1. The quantitative estimate of drug-likeness (QED) is 0.264. The summed E-state index contributed by atoms with van der Waals surface area (Å²) in [5.74, 6) is 0.445. The third-order valence-corrected chi connectivity index (χ3v) is 9.45. The summed E-state index contributed by atoms with van der Waals surface area (Å²) in [5, 5.41) is 2.97. The molecule has 1 saturated heterocycles. The summed E-state index contributed by atoms with van der Waals surface area (Å²) in [5.41, 5.74) is 4.24. The molecule has 8 heteroatoms. The predicted octanol–water partition coefficient (Wildman–Crippen LogP) is 5.90. The fourth-order valence-electron chi connectivity index (χ4n) is 5.40. The average Bonchev–Trinajstić information content (AvgIpc) is 3.43. The van der Waals surface area contributed by atoms with E-state index in [4.69, 9.17) is 4.98 Å². The van der Waals surface area contributed by atoms with Crippen LogP contribution in [0.5, 0.6) is 0 Å². The summed E-state index contributed by atoms with van der Waals surface area (Å²) in [7, 11) is -3.65. The number of H-pyrrole nitrogens is 1. The molecule has 4 aromatic carbocycles. The highest BCUT2D eigenvalue weighted by molar-refractivity contribution is 7.89. The summed E-state index contributed by atoms with van der Waals surface area (Å²) < 4.78 is 28.3. The number of imidazole rings is 1. The minimum absolute atomic E-state index is 0.180. The fraction of sp³-hybridized carbons (Fsp3) is 0.188. The Bertz CT molecular complexity index is 1640. The highest BCUT2D eigenvalue weighted by Crippen LogP contribution is 2.31. The number of hydrogen-bond donors (Lipinski definition) is 2. The van der Waals surface area contributed by atoms with Crippen LogP contribution in [0.15, 0.2) is 114 Å². The molecule has 2 heterocycles. The number of benzene rings is 4. The first-order valence-corrected chi connectivity index (χ1v) is 14.9. The number of piperidine rings is 1. The zero-order valence-corrected chi connectivity index (χ0v) is 22.7. The maximum atomic E-state index is 13.4. The summed E-state index contributed by atoms with van der Waals surface area (Å²) in [4.78, 5) is 21.7.